The molecule has 5 nitrogen and oxygen atoms in total. The molecule has 126 valence electrons. The monoisotopic (exact) mass is 326 g/mol. The lowest BCUT2D eigenvalue weighted by atomic mass is 10.1. The van der Waals surface area contributed by atoms with Crippen molar-refractivity contribution in [3.63, 3.8) is 0 Å². The maximum Gasteiger partial charge on any atom is 0.411 e. The molecule has 0 saturated carbocycles. The number of benzene rings is 2. The lowest BCUT2D eigenvalue weighted by Crippen LogP contribution is -2.35. The molecule has 1 aliphatic rings. The Bertz CT molecular complexity index is 675. The number of morpholine rings is 1. The van der Waals surface area contributed by atoms with Gasteiger partial charge in [0, 0.05) is 18.8 Å². The first kappa shape index (κ1) is 16.5. The van der Waals surface area contributed by atoms with Crippen LogP contribution in [0, 0.1) is 0 Å². The van der Waals surface area contributed by atoms with Crippen molar-refractivity contribution in [3.8, 4) is 0 Å². The van der Waals surface area contributed by atoms with Crippen LogP contribution in [0.25, 0.3) is 0 Å². The van der Waals surface area contributed by atoms with Crippen LogP contribution in [0.15, 0.2) is 54.6 Å². The molecule has 5 heteroatoms. The molecule has 1 heterocycles. The van der Waals surface area contributed by atoms with Gasteiger partial charge in [0.2, 0.25) is 0 Å². The van der Waals surface area contributed by atoms with E-state index in [0.29, 0.717) is 5.69 Å². The second kappa shape index (κ2) is 7.95. The van der Waals surface area contributed by atoms with Gasteiger partial charge in [-0.3, -0.25) is 5.32 Å². The molecule has 0 spiro atoms. The van der Waals surface area contributed by atoms with E-state index >= 15 is 0 Å². The average molecular weight is 326 g/mol. The lowest BCUT2D eigenvalue weighted by molar-refractivity contribution is -0.0208. The third-order valence-corrected chi connectivity index (χ3v) is 3.99. The van der Waals surface area contributed by atoms with Crippen molar-refractivity contribution in [2.45, 2.75) is 12.7 Å². The molecule has 0 radical (unpaired) electrons. The van der Waals surface area contributed by atoms with Crippen LogP contribution in [0.4, 0.5) is 10.5 Å². The van der Waals surface area contributed by atoms with Crippen molar-refractivity contribution in [2.75, 3.05) is 32.1 Å². The normalized spacial score (nSPS) is 18.1. The first-order valence-corrected chi connectivity index (χ1v) is 8.08. The van der Waals surface area contributed by atoms with Gasteiger partial charge < -0.3 is 14.4 Å². The van der Waals surface area contributed by atoms with Crippen LogP contribution in [-0.4, -0.2) is 37.7 Å². The summed E-state index contributed by atoms with van der Waals surface area (Å²) in [6, 6.07) is 17.3. The fourth-order valence-electron chi connectivity index (χ4n) is 2.67. The van der Waals surface area contributed by atoms with Gasteiger partial charge in [-0.25, -0.2) is 4.79 Å². The Morgan fingerprint density at radius 1 is 1.25 bits per heavy atom. The third kappa shape index (κ3) is 4.57. The number of hydrogen-bond acceptors (Lipinski definition) is 4. The SMILES string of the molecule is CN1CCOC(c2cccc(NC(=O)OCc3ccccc3)c2)C1. The molecule has 2 aromatic rings. The van der Waals surface area contributed by atoms with E-state index in [9.17, 15) is 4.79 Å². The smallest absolute Gasteiger partial charge is 0.411 e. The Labute approximate surface area is 142 Å². The number of amides is 1. The maximum atomic E-state index is 12.0. The van der Waals surface area contributed by atoms with Crippen molar-refractivity contribution >= 4 is 11.8 Å². The van der Waals surface area contributed by atoms with Crippen molar-refractivity contribution in [1.29, 1.82) is 0 Å². The zero-order valence-electron chi connectivity index (χ0n) is 13.8. The van der Waals surface area contributed by atoms with Crippen molar-refractivity contribution in [3.05, 3.63) is 65.7 Å². The number of likely N-dealkylation sites (N-methyl/N-ethyl adjacent to an activating group) is 1. The van der Waals surface area contributed by atoms with Crippen LogP contribution < -0.4 is 5.32 Å². The van der Waals surface area contributed by atoms with Crippen LogP contribution in [0.5, 0.6) is 0 Å². The number of hydrogen-bond donors (Lipinski definition) is 1. The Hall–Kier alpha value is -2.37. The number of rotatable bonds is 4. The minimum absolute atomic E-state index is 0.0332. The van der Waals surface area contributed by atoms with E-state index in [-0.39, 0.29) is 12.7 Å². The summed E-state index contributed by atoms with van der Waals surface area (Å²) in [6.45, 7) is 2.77. The summed E-state index contributed by atoms with van der Waals surface area (Å²) in [4.78, 5) is 14.2. The van der Waals surface area contributed by atoms with Crippen molar-refractivity contribution < 1.29 is 14.3 Å². The first-order valence-electron chi connectivity index (χ1n) is 8.08. The van der Waals surface area contributed by atoms with E-state index in [1.807, 2.05) is 54.6 Å². The quantitative estimate of drug-likeness (QED) is 0.935. The van der Waals surface area contributed by atoms with Gasteiger partial charge >= 0.3 is 6.09 Å². The van der Waals surface area contributed by atoms with E-state index in [2.05, 4.69) is 17.3 Å². The molecule has 1 atom stereocenters. The Balaban J connectivity index is 1.57. The summed E-state index contributed by atoms with van der Waals surface area (Å²) in [6.07, 6.45) is -0.427. The summed E-state index contributed by atoms with van der Waals surface area (Å²) in [5.41, 5.74) is 2.73. The second-order valence-corrected chi connectivity index (χ2v) is 5.93. The fourth-order valence-corrected chi connectivity index (χ4v) is 2.67. The molecule has 2 aromatic carbocycles. The van der Waals surface area contributed by atoms with Crippen LogP contribution in [0.2, 0.25) is 0 Å². The molecule has 1 unspecified atom stereocenters. The van der Waals surface area contributed by atoms with E-state index in [4.69, 9.17) is 9.47 Å². The molecule has 1 N–H and O–H groups in total. The molecule has 1 fully saturated rings. The molecule has 0 bridgehead atoms. The summed E-state index contributed by atoms with van der Waals surface area (Å²) in [5.74, 6) is 0. The van der Waals surface area contributed by atoms with Gasteiger partial charge in [0.15, 0.2) is 0 Å². The number of carbonyl (C=O) groups is 1. The summed E-state index contributed by atoms with van der Waals surface area (Å²) < 4.78 is 11.1. The number of nitrogens with zero attached hydrogens (tertiary/aromatic N) is 1. The summed E-state index contributed by atoms with van der Waals surface area (Å²) >= 11 is 0. The predicted octanol–water partition coefficient (Wildman–Crippen LogP) is 3.44. The highest BCUT2D eigenvalue weighted by Gasteiger charge is 2.19. The predicted molar refractivity (Wildman–Crippen MR) is 92.9 cm³/mol. The molecule has 0 aromatic heterocycles. The lowest BCUT2D eigenvalue weighted by Gasteiger charge is -2.30. The number of anilines is 1. The van der Waals surface area contributed by atoms with Gasteiger partial charge in [-0.1, -0.05) is 42.5 Å². The molecule has 1 amide bonds. The fraction of sp³-hybridized carbons (Fsp3) is 0.316. The van der Waals surface area contributed by atoms with Gasteiger partial charge in [0.1, 0.15) is 6.61 Å². The van der Waals surface area contributed by atoms with Crippen molar-refractivity contribution in [2.24, 2.45) is 0 Å². The number of nitrogens with one attached hydrogen (secondary N) is 1. The van der Waals surface area contributed by atoms with Crippen LogP contribution >= 0.6 is 0 Å². The van der Waals surface area contributed by atoms with E-state index in [0.717, 1.165) is 30.8 Å². The minimum Gasteiger partial charge on any atom is -0.444 e. The Morgan fingerprint density at radius 2 is 2.08 bits per heavy atom. The average Bonchev–Trinajstić information content (AvgIpc) is 2.61. The zero-order chi connectivity index (χ0) is 16.8. The number of ether oxygens (including phenoxy) is 2. The molecular weight excluding hydrogens is 304 g/mol. The van der Waals surface area contributed by atoms with Gasteiger partial charge in [-0.2, -0.15) is 0 Å². The van der Waals surface area contributed by atoms with Gasteiger partial charge in [0.25, 0.3) is 0 Å². The highest BCUT2D eigenvalue weighted by molar-refractivity contribution is 5.84. The van der Waals surface area contributed by atoms with E-state index in [1.165, 1.54) is 0 Å². The highest BCUT2D eigenvalue weighted by Crippen LogP contribution is 2.24. The van der Waals surface area contributed by atoms with Crippen molar-refractivity contribution in [1.82, 2.24) is 4.90 Å². The van der Waals surface area contributed by atoms with Gasteiger partial charge in [0.05, 0.1) is 12.7 Å². The summed E-state index contributed by atoms with van der Waals surface area (Å²) in [7, 11) is 2.08. The number of carbonyl (C=O) groups excluding carboxylic acids is 1. The molecular formula is C19H22N2O3. The van der Waals surface area contributed by atoms with E-state index < -0.39 is 6.09 Å². The van der Waals surface area contributed by atoms with Gasteiger partial charge in [-0.05, 0) is 30.3 Å². The van der Waals surface area contributed by atoms with Crippen LogP contribution in [0.3, 0.4) is 0 Å². The maximum absolute atomic E-state index is 12.0. The van der Waals surface area contributed by atoms with E-state index in [1.54, 1.807) is 0 Å². The highest BCUT2D eigenvalue weighted by atomic mass is 16.5. The van der Waals surface area contributed by atoms with Gasteiger partial charge in [-0.15, -0.1) is 0 Å². The largest absolute Gasteiger partial charge is 0.444 e. The van der Waals surface area contributed by atoms with Crippen LogP contribution in [0.1, 0.15) is 17.2 Å². The summed E-state index contributed by atoms with van der Waals surface area (Å²) in [5, 5.41) is 2.77. The minimum atomic E-state index is -0.460. The molecule has 24 heavy (non-hydrogen) atoms. The van der Waals surface area contributed by atoms with Crippen LogP contribution in [-0.2, 0) is 16.1 Å². The molecule has 0 aliphatic carbocycles. The molecule has 3 rings (SSSR count). The second-order valence-electron chi connectivity index (χ2n) is 5.93. The Morgan fingerprint density at radius 3 is 2.88 bits per heavy atom. The standard InChI is InChI=1S/C19H22N2O3/c1-21-10-11-23-18(13-21)16-8-5-9-17(12-16)20-19(22)24-14-15-6-3-2-4-7-15/h2-9,12,18H,10-11,13-14H2,1H3,(H,20,22). The topological polar surface area (TPSA) is 50.8 Å². The third-order valence-electron chi connectivity index (χ3n) is 3.99. The molecule has 1 aliphatic heterocycles. The first-order chi connectivity index (χ1) is 11.7. The Kier molecular flexibility index (Phi) is 5.46. The zero-order valence-corrected chi connectivity index (χ0v) is 13.8. The molecule has 1 saturated heterocycles.